The first-order valence-electron chi connectivity index (χ1n) is 13.6. The van der Waals surface area contributed by atoms with E-state index in [-0.39, 0.29) is 17.6 Å². The standard InChI is InChI=1S/C29H39FN4O4/c1-2-38-26-10-6-9-25(30)24(26)20-33-15-17-34(18-16-33)28(35)27(32-29(36)37)22-11-13-23(14-12-22)31-19-21-7-4-3-5-8-21/h3-10,22-23,27,31-32H,2,11-20H2,1H3,(H,36,37)/t22?,23?,27-/m1/s1. The van der Waals surface area contributed by atoms with Crippen molar-refractivity contribution >= 4 is 12.0 Å². The van der Waals surface area contributed by atoms with Gasteiger partial charge in [-0.15, -0.1) is 0 Å². The van der Waals surface area contributed by atoms with Crippen molar-refractivity contribution in [3.05, 3.63) is 65.5 Å². The van der Waals surface area contributed by atoms with Crippen molar-refractivity contribution in [1.29, 1.82) is 0 Å². The highest BCUT2D eigenvalue weighted by Gasteiger charge is 2.36. The SMILES string of the molecule is CCOc1cccc(F)c1CN1CCN(C(=O)[C@H](NC(=O)O)C2CCC(NCc3ccccc3)CC2)CC1. The molecule has 2 fully saturated rings. The molecule has 2 aromatic rings. The number of halogens is 1. The van der Waals surface area contributed by atoms with Gasteiger partial charge in [0.25, 0.3) is 0 Å². The van der Waals surface area contributed by atoms with Crippen LogP contribution < -0.4 is 15.4 Å². The summed E-state index contributed by atoms with van der Waals surface area (Å²) in [5.41, 5.74) is 1.76. The Morgan fingerprint density at radius 3 is 2.39 bits per heavy atom. The summed E-state index contributed by atoms with van der Waals surface area (Å²) in [5.74, 6) is 0.0619. The monoisotopic (exact) mass is 526 g/mol. The van der Waals surface area contributed by atoms with E-state index in [9.17, 15) is 19.1 Å². The van der Waals surface area contributed by atoms with Crippen LogP contribution in [0.15, 0.2) is 48.5 Å². The van der Waals surface area contributed by atoms with E-state index in [1.165, 1.54) is 11.6 Å². The number of hydrogen-bond acceptors (Lipinski definition) is 5. The lowest BCUT2D eigenvalue weighted by molar-refractivity contribution is -0.137. The molecule has 0 radical (unpaired) electrons. The number of ether oxygens (including phenoxy) is 1. The van der Waals surface area contributed by atoms with Crippen LogP contribution in [0.4, 0.5) is 9.18 Å². The van der Waals surface area contributed by atoms with E-state index >= 15 is 0 Å². The average Bonchev–Trinajstić information content (AvgIpc) is 2.93. The third-order valence-electron chi connectivity index (χ3n) is 7.67. The van der Waals surface area contributed by atoms with E-state index in [4.69, 9.17) is 4.74 Å². The number of piperazine rings is 1. The molecule has 2 amide bonds. The lowest BCUT2D eigenvalue weighted by Crippen LogP contribution is -2.57. The Balaban J connectivity index is 1.29. The third kappa shape index (κ3) is 7.45. The lowest BCUT2D eigenvalue weighted by atomic mass is 9.81. The van der Waals surface area contributed by atoms with Gasteiger partial charge in [0.1, 0.15) is 17.6 Å². The molecule has 38 heavy (non-hydrogen) atoms. The average molecular weight is 527 g/mol. The van der Waals surface area contributed by atoms with Crippen molar-refractivity contribution < 1.29 is 23.8 Å². The lowest BCUT2D eigenvalue weighted by Gasteiger charge is -2.39. The van der Waals surface area contributed by atoms with Crippen molar-refractivity contribution in [2.45, 2.75) is 57.8 Å². The van der Waals surface area contributed by atoms with E-state index in [0.29, 0.717) is 56.7 Å². The van der Waals surface area contributed by atoms with Gasteiger partial charge in [-0.25, -0.2) is 9.18 Å². The van der Waals surface area contributed by atoms with Crippen LogP contribution >= 0.6 is 0 Å². The van der Waals surface area contributed by atoms with Crippen molar-refractivity contribution in [2.75, 3.05) is 32.8 Å². The number of carbonyl (C=O) groups excluding carboxylic acids is 1. The first-order chi connectivity index (χ1) is 18.4. The largest absolute Gasteiger partial charge is 0.493 e. The highest BCUT2D eigenvalue weighted by Crippen LogP contribution is 2.29. The smallest absolute Gasteiger partial charge is 0.405 e. The molecular formula is C29H39FN4O4. The summed E-state index contributed by atoms with van der Waals surface area (Å²) in [6.07, 6.45) is 2.21. The van der Waals surface area contributed by atoms with Crippen molar-refractivity contribution in [3.63, 3.8) is 0 Å². The Kier molecular flexibility index (Phi) is 9.95. The number of carbonyl (C=O) groups is 2. The second-order valence-corrected chi connectivity index (χ2v) is 10.2. The normalized spacial score (nSPS) is 21.1. The second kappa shape index (κ2) is 13.6. The highest BCUT2D eigenvalue weighted by atomic mass is 19.1. The Labute approximate surface area is 224 Å². The molecule has 0 aromatic heterocycles. The van der Waals surface area contributed by atoms with E-state index in [2.05, 4.69) is 27.7 Å². The van der Waals surface area contributed by atoms with Crippen LogP contribution in [0.1, 0.15) is 43.7 Å². The predicted octanol–water partition coefficient (Wildman–Crippen LogP) is 3.85. The Hall–Kier alpha value is -3.17. The van der Waals surface area contributed by atoms with Crippen LogP contribution in [0.5, 0.6) is 5.75 Å². The molecule has 0 unspecified atom stereocenters. The zero-order valence-corrected chi connectivity index (χ0v) is 22.1. The van der Waals surface area contributed by atoms with Crippen LogP contribution in [-0.4, -0.2) is 71.8 Å². The number of rotatable bonds is 10. The van der Waals surface area contributed by atoms with Crippen LogP contribution in [0, 0.1) is 11.7 Å². The van der Waals surface area contributed by atoms with Gasteiger partial charge >= 0.3 is 6.09 Å². The van der Waals surface area contributed by atoms with Gasteiger partial charge in [-0.05, 0) is 56.2 Å². The highest BCUT2D eigenvalue weighted by molar-refractivity contribution is 5.85. The van der Waals surface area contributed by atoms with Crippen LogP contribution in [-0.2, 0) is 17.9 Å². The van der Waals surface area contributed by atoms with Crippen molar-refractivity contribution in [3.8, 4) is 5.75 Å². The van der Waals surface area contributed by atoms with Crippen LogP contribution in [0.2, 0.25) is 0 Å². The van der Waals surface area contributed by atoms with E-state index in [1.807, 2.05) is 25.1 Å². The number of nitrogens with zero attached hydrogens (tertiary/aromatic N) is 2. The van der Waals surface area contributed by atoms with Gasteiger partial charge in [0.05, 0.1) is 6.61 Å². The summed E-state index contributed by atoms with van der Waals surface area (Å²) in [4.78, 5) is 28.9. The maximum atomic E-state index is 14.5. The molecule has 2 aromatic carbocycles. The summed E-state index contributed by atoms with van der Waals surface area (Å²) in [7, 11) is 0. The van der Waals surface area contributed by atoms with Gasteiger partial charge < -0.3 is 25.4 Å². The van der Waals surface area contributed by atoms with Crippen molar-refractivity contribution in [2.24, 2.45) is 5.92 Å². The minimum absolute atomic E-state index is 0.0291. The van der Waals surface area contributed by atoms with Gasteiger partial charge in [0, 0.05) is 50.9 Å². The Morgan fingerprint density at radius 2 is 1.74 bits per heavy atom. The summed E-state index contributed by atoms with van der Waals surface area (Å²) in [6, 6.07) is 14.7. The number of hydrogen-bond donors (Lipinski definition) is 3. The first kappa shape index (κ1) is 27.9. The van der Waals surface area contributed by atoms with Crippen LogP contribution in [0.25, 0.3) is 0 Å². The zero-order chi connectivity index (χ0) is 26.9. The fraction of sp³-hybridized carbons (Fsp3) is 0.517. The van der Waals surface area contributed by atoms with Gasteiger partial charge in [0.2, 0.25) is 5.91 Å². The molecule has 1 heterocycles. The van der Waals surface area contributed by atoms with Gasteiger partial charge in [-0.2, -0.15) is 0 Å². The molecule has 1 saturated carbocycles. The molecule has 1 aliphatic carbocycles. The Morgan fingerprint density at radius 1 is 1.03 bits per heavy atom. The number of nitrogens with one attached hydrogen (secondary N) is 2. The van der Waals surface area contributed by atoms with E-state index < -0.39 is 12.1 Å². The zero-order valence-electron chi connectivity index (χ0n) is 22.1. The van der Waals surface area contributed by atoms with Crippen molar-refractivity contribution in [1.82, 2.24) is 20.4 Å². The van der Waals surface area contributed by atoms with E-state index in [0.717, 1.165) is 32.2 Å². The molecule has 9 heteroatoms. The third-order valence-corrected chi connectivity index (χ3v) is 7.67. The maximum absolute atomic E-state index is 14.5. The minimum Gasteiger partial charge on any atom is -0.493 e. The van der Waals surface area contributed by atoms with Gasteiger partial charge in [0.15, 0.2) is 0 Å². The predicted molar refractivity (Wildman–Crippen MR) is 143 cm³/mol. The van der Waals surface area contributed by atoms with Crippen LogP contribution in [0.3, 0.4) is 0 Å². The molecule has 0 bridgehead atoms. The Bertz CT molecular complexity index is 1050. The summed E-state index contributed by atoms with van der Waals surface area (Å²) >= 11 is 0. The summed E-state index contributed by atoms with van der Waals surface area (Å²) < 4.78 is 20.1. The molecule has 2 aliphatic rings. The summed E-state index contributed by atoms with van der Waals surface area (Å²) in [5, 5.41) is 15.6. The molecule has 3 N–H and O–H groups in total. The maximum Gasteiger partial charge on any atom is 0.405 e. The number of carboxylic acid groups (broad SMARTS) is 1. The fourth-order valence-corrected chi connectivity index (χ4v) is 5.56. The van der Waals surface area contributed by atoms with Gasteiger partial charge in [-0.1, -0.05) is 36.4 Å². The molecule has 1 atom stereocenters. The fourth-order valence-electron chi connectivity index (χ4n) is 5.56. The second-order valence-electron chi connectivity index (χ2n) is 10.2. The molecule has 8 nitrogen and oxygen atoms in total. The molecule has 206 valence electrons. The topological polar surface area (TPSA) is 94.1 Å². The first-order valence-corrected chi connectivity index (χ1v) is 13.6. The molecule has 1 saturated heterocycles. The minimum atomic E-state index is -1.17. The molecule has 1 aliphatic heterocycles. The number of benzene rings is 2. The van der Waals surface area contributed by atoms with Gasteiger partial charge in [-0.3, -0.25) is 9.69 Å². The molecular weight excluding hydrogens is 487 g/mol. The molecule has 0 spiro atoms. The quantitative estimate of drug-likeness (QED) is 0.436. The number of amides is 2. The molecule has 4 rings (SSSR count). The van der Waals surface area contributed by atoms with E-state index in [1.54, 1.807) is 17.0 Å². The summed E-state index contributed by atoms with van der Waals surface area (Å²) in [6.45, 7) is 5.65.